The fourth-order valence-electron chi connectivity index (χ4n) is 3.60. The number of hydrogen-bond acceptors (Lipinski definition) is 3. The summed E-state index contributed by atoms with van der Waals surface area (Å²) in [6, 6.07) is 8.30. The first-order chi connectivity index (χ1) is 16.0. The molecule has 0 spiro atoms. The minimum Gasteiger partial charge on any atom is -0.374 e. The molecule has 3 nitrogen and oxygen atoms in total. The van der Waals surface area contributed by atoms with Crippen molar-refractivity contribution in [2.45, 2.75) is 52.4 Å². The van der Waals surface area contributed by atoms with E-state index in [2.05, 4.69) is 67.7 Å². The van der Waals surface area contributed by atoms with Crippen LogP contribution in [-0.4, -0.2) is 25.0 Å². The number of nitrogens with two attached hydrogens (primary N) is 1. The van der Waals surface area contributed by atoms with E-state index in [4.69, 9.17) is 5.73 Å². The minimum atomic E-state index is -0.0522. The topological polar surface area (TPSA) is 41.3 Å². The van der Waals surface area contributed by atoms with Crippen molar-refractivity contribution in [2.24, 2.45) is 5.73 Å². The summed E-state index contributed by atoms with van der Waals surface area (Å²) >= 11 is 0. The third-order valence-corrected chi connectivity index (χ3v) is 5.52. The molecule has 1 aromatic rings. The Balaban J connectivity index is 2.17. The highest BCUT2D eigenvalue weighted by molar-refractivity contribution is 5.69. The normalized spacial score (nSPS) is 14.1. The van der Waals surface area contributed by atoms with E-state index >= 15 is 0 Å². The highest BCUT2D eigenvalue weighted by Gasteiger charge is 2.13. The van der Waals surface area contributed by atoms with E-state index in [1.807, 2.05) is 30.4 Å². The molecule has 0 aliphatic heterocycles. The Kier molecular flexibility index (Phi) is 11.3. The molecule has 0 bridgehead atoms. The van der Waals surface area contributed by atoms with Crippen molar-refractivity contribution in [3.8, 4) is 11.8 Å². The van der Waals surface area contributed by atoms with Gasteiger partial charge in [0.1, 0.15) is 5.83 Å². The van der Waals surface area contributed by atoms with Crippen LogP contribution in [0.15, 0.2) is 77.8 Å². The summed E-state index contributed by atoms with van der Waals surface area (Å²) in [5.41, 5.74) is 11.2. The number of nitrogens with zero attached hydrogens (tertiary/aromatic N) is 1. The third-order valence-electron chi connectivity index (χ3n) is 5.52. The molecule has 0 unspecified atom stereocenters. The van der Waals surface area contributed by atoms with E-state index in [9.17, 15) is 4.39 Å². The quantitative estimate of drug-likeness (QED) is 0.219. The van der Waals surface area contributed by atoms with Crippen LogP contribution in [0.4, 0.5) is 10.1 Å². The molecule has 33 heavy (non-hydrogen) atoms. The average molecular weight is 448 g/mol. The van der Waals surface area contributed by atoms with Crippen LogP contribution < -0.4 is 11.1 Å². The maximum atomic E-state index is 14.4. The number of benzene rings is 1. The van der Waals surface area contributed by atoms with Crippen molar-refractivity contribution >= 4 is 11.4 Å². The van der Waals surface area contributed by atoms with Gasteiger partial charge in [-0.2, -0.15) is 0 Å². The second kappa shape index (κ2) is 14.2. The number of nitrogens with one attached hydrogen (secondary N) is 1. The predicted molar refractivity (Wildman–Crippen MR) is 141 cm³/mol. The monoisotopic (exact) mass is 447 g/mol. The van der Waals surface area contributed by atoms with Gasteiger partial charge in [0.2, 0.25) is 0 Å². The Morgan fingerprint density at radius 3 is 2.64 bits per heavy atom. The van der Waals surface area contributed by atoms with E-state index in [1.54, 1.807) is 0 Å². The molecule has 1 aromatic carbocycles. The number of halogens is 1. The second-order valence-corrected chi connectivity index (χ2v) is 8.10. The summed E-state index contributed by atoms with van der Waals surface area (Å²) in [5.74, 6) is 5.93. The first-order valence-corrected chi connectivity index (χ1v) is 11.9. The molecule has 176 valence electrons. The van der Waals surface area contributed by atoms with Crippen LogP contribution in [0, 0.1) is 11.8 Å². The van der Waals surface area contributed by atoms with Gasteiger partial charge in [-0.15, -0.1) is 5.92 Å². The summed E-state index contributed by atoms with van der Waals surface area (Å²) in [4.78, 5) is 2.22. The number of unbranched alkanes of at least 4 members (excludes halogenated alkanes) is 1. The van der Waals surface area contributed by atoms with E-state index in [0.29, 0.717) is 18.5 Å². The van der Waals surface area contributed by atoms with Gasteiger partial charge in [0.15, 0.2) is 0 Å². The van der Waals surface area contributed by atoms with Gasteiger partial charge in [-0.25, -0.2) is 4.39 Å². The van der Waals surface area contributed by atoms with Crippen molar-refractivity contribution in [1.29, 1.82) is 0 Å². The van der Waals surface area contributed by atoms with Crippen LogP contribution in [0.3, 0.4) is 0 Å². The first-order valence-electron chi connectivity index (χ1n) is 11.9. The van der Waals surface area contributed by atoms with Crippen molar-refractivity contribution in [3.63, 3.8) is 0 Å². The Morgan fingerprint density at radius 1 is 1.24 bits per heavy atom. The molecule has 0 saturated heterocycles. The predicted octanol–water partition coefficient (Wildman–Crippen LogP) is 6.95. The van der Waals surface area contributed by atoms with E-state index in [-0.39, 0.29) is 5.83 Å². The van der Waals surface area contributed by atoms with Crippen LogP contribution in [0.25, 0.3) is 5.70 Å². The molecule has 0 amide bonds. The Labute approximate surface area is 199 Å². The molecule has 0 radical (unpaired) electrons. The SMILES string of the molecule is C=C(/C=C(/c1ccc(N/C(=C\CC)C2=C(F)CCC=C2)cc1)N(C)CC)CCCC#CCN. The van der Waals surface area contributed by atoms with E-state index < -0.39 is 0 Å². The zero-order valence-corrected chi connectivity index (χ0v) is 20.4. The summed E-state index contributed by atoms with van der Waals surface area (Å²) in [6.07, 6.45) is 12.9. The van der Waals surface area contributed by atoms with Gasteiger partial charge in [-0.3, -0.25) is 0 Å². The molecule has 1 aliphatic carbocycles. The van der Waals surface area contributed by atoms with Crippen LogP contribution in [-0.2, 0) is 0 Å². The van der Waals surface area contributed by atoms with Crippen LogP contribution in [0.2, 0.25) is 0 Å². The molecule has 0 aromatic heterocycles. The smallest absolute Gasteiger partial charge is 0.109 e. The van der Waals surface area contributed by atoms with E-state index in [1.165, 1.54) is 0 Å². The van der Waals surface area contributed by atoms with Gasteiger partial charge in [-0.1, -0.05) is 55.4 Å². The zero-order valence-electron chi connectivity index (χ0n) is 20.4. The number of allylic oxidation sites excluding steroid dienone is 6. The summed E-state index contributed by atoms with van der Waals surface area (Å²) in [7, 11) is 2.09. The molecular formula is C29H38FN3. The molecule has 1 aliphatic rings. The second-order valence-electron chi connectivity index (χ2n) is 8.10. The van der Waals surface area contributed by atoms with Gasteiger partial charge in [-0.05, 0) is 56.4 Å². The molecule has 0 heterocycles. The maximum Gasteiger partial charge on any atom is 0.109 e. The summed E-state index contributed by atoms with van der Waals surface area (Å²) in [5, 5.41) is 3.41. The average Bonchev–Trinajstić information content (AvgIpc) is 2.82. The summed E-state index contributed by atoms with van der Waals surface area (Å²) in [6.45, 7) is 9.75. The highest BCUT2D eigenvalue weighted by Crippen LogP contribution is 2.28. The molecule has 0 saturated carbocycles. The fraction of sp³-hybridized carbons (Fsp3) is 0.379. The lowest BCUT2D eigenvalue weighted by atomic mass is 10.0. The lowest BCUT2D eigenvalue weighted by Crippen LogP contribution is -2.16. The van der Waals surface area contributed by atoms with Crippen LogP contribution >= 0.6 is 0 Å². The largest absolute Gasteiger partial charge is 0.374 e. The van der Waals surface area contributed by atoms with Crippen molar-refractivity contribution in [1.82, 2.24) is 4.90 Å². The van der Waals surface area contributed by atoms with Crippen molar-refractivity contribution < 1.29 is 4.39 Å². The Hall–Kier alpha value is -3.03. The van der Waals surface area contributed by atoms with E-state index in [0.717, 1.165) is 66.9 Å². The Bertz CT molecular complexity index is 968. The van der Waals surface area contributed by atoms with Crippen molar-refractivity contribution in [3.05, 3.63) is 83.4 Å². The zero-order chi connectivity index (χ0) is 24.1. The molecule has 2 rings (SSSR count). The Morgan fingerprint density at radius 2 is 2.00 bits per heavy atom. The van der Waals surface area contributed by atoms with Gasteiger partial charge in [0.05, 0.1) is 6.54 Å². The molecule has 0 fully saturated rings. The molecular weight excluding hydrogens is 409 g/mol. The summed E-state index contributed by atoms with van der Waals surface area (Å²) < 4.78 is 14.4. The number of hydrogen-bond donors (Lipinski definition) is 2. The van der Waals surface area contributed by atoms with Gasteiger partial charge in [0, 0.05) is 49.1 Å². The highest BCUT2D eigenvalue weighted by atomic mass is 19.1. The molecule has 3 N–H and O–H groups in total. The van der Waals surface area contributed by atoms with Crippen LogP contribution in [0.5, 0.6) is 0 Å². The van der Waals surface area contributed by atoms with Crippen LogP contribution in [0.1, 0.15) is 57.9 Å². The lowest BCUT2D eigenvalue weighted by molar-refractivity contribution is 0.508. The van der Waals surface area contributed by atoms with Gasteiger partial charge < -0.3 is 16.0 Å². The number of anilines is 1. The van der Waals surface area contributed by atoms with Gasteiger partial charge >= 0.3 is 0 Å². The fourth-order valence-corrected chi connectivity index (χ4v) is 3.60. The minimum absolute atomic E-state index is 0.0522. The van der Waals surface area contributed by atoms with Crippen molar-refractivity contribution in [2.75, 3.05) is 25.5 Å². The molecule has 0 atom stereocenters. The first kappa shape index (κ1) is 26.2. The maximum absolute atomic E-state index is 14.4. The standard InChI is InChI=1S/C29H38FN3/c1-5-13-28(26-15-10-11-16-27(26)30)32-25-19-17-24(18-20-25)29(33(4)6-2)22-23(3)14-9-7-8-12-21-31/h10,13,15,17-20,22,32H,3,5-7,9,11,14,16,21,31H2,1-2,4H3/b28-13-,29-22-. The third kappa shape index (κ3) is 8.44. The van der Waals surface area contributed by atoms with Gasteiger partial charge in [0.25, 0.3) is 0 Å². The lowest BCUT2D eigenvalue weighted by Gasteiger charge is -2.22. The molecule has 4 heteroatoms. The number of rotatable bonds is 11.